The predicted molar refractivity (Wildman–Crippen MR) is 41.0 cm³/mol. The van der Waals surface area contributed by atoms with Crippen molar-refractivity contribution in [3.05, 3.63) is 0 Å². The summed E-state index contributed by atoms with van der Waals surface area (Å²) < 4.78 is 0. The zero-order valence-electron chi connectivity index (χ0n) is 7.17. The minimum absolute atomic E-state index is 0.366. The van der Waals surface area contributed by atoms with Gasteiger partial charge in [-0.1, -0.05) is 0 Å². The quantitative estimate of drug-likeness (QED) is 0.488. The number of nitrogens with zero attached hydrogens (tertiary/aromatic N) is 1. The van der Waals surface area contributed by atoms with Gasteiger partial charge in [-0.2, -0.15) is 4.90 Å². The normalized spacial score (nSPS) is 14.1. The van der Waals surface area contributed by atoms with E-state index in [1.54, 1.807) is 0 Å². The molecule has 1 atom stereocenters. The number of hydrogen-bond donors (Lipinski definition) is 4. The fraction of sp³-hybridized carbons (Fsp3) is 0.500. The van der Waals surface area contributed by atoms with Gasteiger partial charge in [0, 0.05) is 0 Å². The summed E-state index contributed by atoms with van der Waals surface area (Å²) in [6, 6.07) is 0. The highest BCUT2D eigenvalue weighted by atomic mass is 16.4. The van der Waals surface area contributed by atoms with Gasteiger partial charge in [0.15, 0.2) is 5.54 Å². The number of imide groups is 1. The average molecular weight is 207 g/mol. The van der Waals surface area contributed by atoms with E-state index in [9.17, 15) is 14.4 Å². The van der Waals surface area contributed by atoms with Crippen LogP contribution < -0.4 is 0 Å². The lowest BCUT2D eigenvalue weighted by molar-refractivity contribution is -0.150. The first-order valence-corrected chi connectivity index (χ1v) is 3.37. The van der Waals surface area contributed by atoms with Crippen molar-refractivity contribution in [3.8, 4) is 0 Å². The maximum Gasteiger partial charge on any atom is 0.417 e. The lowest BCUT2D eigenvalue weighted by Crippen LogP contribution is -2.59. The van der Waals surface area contributed by atoms with Gasteiger partial charge in [-0.15, -0.1) is 0 Å². The number of amides is 2. The summed E-state index contributed by atoms with van der Waals surface area (Å²) in [6.45, 7) is -0.349. The largest absolute Gasteiger partial charge is 0.479 e. The van der Waals surface area contributed by atoms with E-state index in [4.69, 9.17) is 20.4 Å². The van der Waals surface area contributed by atoms with Gasteiger partial charge in [-0.05, 0) is 6.92 Å². The first-order chi connectivity index (χ1) is 6.27. The van der Waals surface area contributed by atoms with Crippen LogP contribution in [0.25, 0.3) is 0 Å². The van der Waals surface area contributed by atoms with Crippen LogP contribution in [0.4, 0.5) is 9.59 Å². The number of carboxylic acid groups (broad SMARTS) is 3. The molecule has 0 fully saturated rings. The van der Waals surface area contributed by atoms with E-state index in [2.05, 4.69) is 0 Å². The molecule has 0 radical (unpaired) electrons. The fourth-order valence-corrected chi connectivity index (χ4v) is 0.738. The smallest absolute Gasteiger partial charge is 0.417 e. The lowest BCUT2D eigenvalue weighted by atomic mass is 10.0. The Bertz CT molecular complexity index is 261. The van der Waals surface area contributed by atoms with Gasteiger partial charge in [-0.25, -0.2) is 14.4 Å². The first kappa shape index (κ1) is 12.2. The first-order valence-electron chi connectivity index (χ1n) is 3.37. The molecule has 0 aliphatic heterocycles. The molecule has 2 amide bonds. The second-order valence-corrected chi connectivity index (χ2v) is 2.64. The number of aliphatic hydroxyl groups excluding tert-OH is 1. The Morgan fingerprint density at radius 3 is 1.57 bits per heavy atom. The summed E-state index contributed by atoms with van der Waals surface area (Å²) in [6.07, 6.45) is -3.92. The number of carboxylic acids is 1. The highest BCUT2D eigenvalue weighted by Crippen LogP contribution is 2.15. The van der Waals surface area contributed by atoms with Crippen LogP contribution in [0.1, 0.15) is 6.92 Å². The molecule has 0 aromatic rings. The van der Waals surface area contributed by atoms with Gasteiger partial charge in [-0.3, -0.25) is 0 Å². The van der Waals surface area contributed by atoms with Crippen molar-refractivity contribution in [2.24, 2.45) is 0 Å². The fourth-order valence-electron chi connectivity index (χ4n) is 0.738. The number of aliphatic hydroxyl groups is 1. The Kier molecular flexibility index (Phi) is 3.41. The highest BCUT2D eigenvalue weighted by molar-refractivity contribution is 5.94. The van der Waals surface area contributed by atoms with Crippen molar-refractivity contribution in [2.45, 2.75) is 12.5 Å². The number of rotatable bonds is 3. The molecular weight excluding hydrogens is 198 g/mol. The maximum absolute atomic E-state index is 10.6. The van der Waals surface area contributed by atoms with Crippen molar-refractivity contribution < 1.29 is 34.8 Å². The molecule has 14 heavy (non-hydrogen) atoms. The molecule has 8 heteroatoms. The van der Waals surface area contributed by atoms with Crippen LogP contribution in [0.2, 0.25) is 0 Å². The summed E-state index contributed by atoms with van der Waals surface area (Å²) in [7, 11) is 0. The molecule has 0 unspecified atom stereocenters. The van der Waals surface area contributed by atoms with Crippen LogP contribution in [-0.2, 0) is 4.79 Å². The van der Waals surface area contributed by atoms with Gasteiger partial charge in [0.1, 0.15) is 0 Å². The molecule has 0 spiro atoms. The third-order valence-electron chi connectivity index (χ3n) is 1.64. The second kappa shape index (κ2) is 3.92. The maximum atomic E-state index is 10.6. The Hall–Kier alpha value is -1.83. The zero-order chi connectivity index (χ0) is 11.5. The summed E-state index contributed by atoms with van der Waals surface area (Å²) in [5.41, 5.74) is -2.39. The van der Waals surface area contributed by atoms with Gasteiger partial charge in [0.2, 0.25) is 0 Å². The topological polar surface area (TPSA) is 135 Å². The van der Waals surface area contributed by atoms with Gasteiger partial charge in [0.25, 0.3) is 0 Å². The van der Waals surface area contributed by atoms with Gasteiger partial charge in [0.05, 0.1) is 6.61 Å². The zero-order valence-corrected chi connectivity index (χ0v) is 7.17. The second-order valence-electron chi connectivity index (χ2n) is 2.64. The summed E-state index contributed by atoms with van der Waals surface area (Å²) in [5.74, 6) is -1.75. The van der Waals surface area contributed by atoms with Gasteiger partial charge >= 0.3 is 18.2 Å². The molecule has 0 aromatic carbocycles. The average Bonchev–Trinajstić information content (AvgIpc) is 2.02. The number of carbonyl (C=O) groups is 3. The molecule has 0 rings (SSSR count). The van der Waals surface area contributed by atoms with Crippen molar-refractivity contribution in [1.82, 2.24) is 4.90 Å². The number of hydrogen-bond acceptors (Lipinski definition) is 4. The minimum Gasteiger partial charge on any atom is -0.479 e. The molecular formula is C6H9NO7. The SMILES string of the molecule is C[C@](CO)(C(=O)O)N(C(=O)O)C(=O)O. The minimum atomic E-state index is -2.39. The van der Waals surface area contributed by atoms with Gasteiger partial charge < -0.3 is 20.4 Å². The Morgan fingerprint density at radius 1 is 1.14 bits per heavy atom. The molecule has 80 valence electrons. The van der Waals surface area contributed by atoms with Crippen LogP contribution in [-0.4, -0.2) is 55.6 Å². The molecule has 4 N–H and O–H groups in total. The van der Waals surface area contributed by atoms with Crippen molar-refractivity contribution in [1.29, 1.82) is 0 Å². The molecule has 0 saturated carbocycles. The third kappa shape index (κ3) is 1.91. The van der Waals surface area contributed by atoms with E-state index in [0.717, 1.165) is 6.92 Å². The molecule has 0 heterocycles. The van der Waals surface area contributed by atoms with Crippen molar-refractivity contribution in [2.75, 3.05) is 6.61 Å². The van der Waals surface area contributed by atoms with E-state index in [-0.39, 0.29) is 4.90 Å². The monoisotopic (exact) mass is 207 g/mol. The molecule has 8 nitrogen and oxygen atoms in total. The van der Waals surface area contributed by atoms with Crippen LogP contribution in [0.3, 0.4) is 0 Å². The molecule has 0 aliphatic carbocycles. The van der Waals surface area contributed by atoms with Crippen LogP contribution in [0.5, 0.6) is 0 Å². The van der Waals surface area contributed by atoms with Crippen LogP contribution in [0.15, 0.2) is 0 Å². The van der Waals surface area contributed by atoms with Crippen LogP contribution in [0, 0.1) is 0 Å². The standard InChI is InChI=1S/C6H9NO7/c1-6(2-8,3(9)10)7(4(11)12)5(13)14/h8H,2H2,1H3,(H,9,10)(H,11,12)(H,13,14)/t6-/m0/s1. The van der Waals surface area contributed by atoms with E-state index in [1.165, 1.54) is 0 Å². The summed E-state index contributed by atoms with van der Waals surface area (Å²) in [5, 5.41) is 34.1. The molecule has 0 saturated heterocycles. The van der Waals surface area contributed by atoms with E-state index < -0.39 is 30.3 Å². The highest BCUT2D eigenvalue weighted by Gasteiger charge is 2.46. The predicted octanol–water partition coefficient (Wildman–Crippen LogP) is -0.520. The molecule has 0 aliphatic rings. The Balaban J connectivity index is 5.25. The van der Waals surface area contributed by atoms with E-state index in [0.29, 0.717) is 0 Å². The number of aliphatic carboxylic acids is 1. The molecule has 0 bridgehead atoms. The van der Waals surface area contributed by atoms with E-state index >= 15 is 0 Å². The van der Waals surface area contributed by atoms with Crippen molar-refractivity contribution in [3.63, 3.8) is 0 Å². The molecule has 0 aromatic heterocycles. The van der Waals surface area contributed by atoms with Crippen molar-refractivity contribution >= 4 is 18.2 Å². The van der Waals surface area contributed by atoms with Crippen LogP contribution >= 0.6 is 0 Å². The third-order valence-corrected chi connectivity index (χ3v) is 1.64. The summed E-state index contributed by atoms with van der Waals surface area (Å²) >= 11 is 0. The lowest BCUT2D eigenvalue weighted by Gasteiger charge is -2.29. The van der Waals surface area contributed by atoms with E-state index in [1.807, 2.05) is 0 Å². The Labute approximate surface area is 78.0 Å². The Morgan fingerprint density at radius 2 is 1.50 bits per heavy atom. The summed E-state index contributed by atoms with van der Waals surface area (Å²) in [4.78, 5) is 31.1.